The first-order chi connectivity index (χ1) is 8.11. The number of nitrogens with zero attached hydrogens (tertiary/aromatic N) is 1. The van der Waals surface area contributed by atoms with Gasteiger partial charge in [0.15, 0.2) is 0 Å². The van der Waals surface area contributed by atoms with Gasteiger partial charge >= 0.3 is 0 Å². The first kappa shape index (κ1) is 15.1. The van der Waals surface area contributed by atoms with Gasteiger partial charge in [-0.15, -0.1) is 12.4 Å². The van der Waals surface area contributed by atoms with Gasteiger partial charge in [-0.1, -0.05) is 0 Å². The lowest BCUT2D eigenvalue weighted by Crippen LogP contribution is -2.47. The van der Waals surface area contributed by atoms with Gasteiger partial charge in [0, 0.05) is 24.8 Å². The van der Waals surface area contributed by atoms with Gasteiger partial charge in [-0.2, -0.15) is 0 Å². The van der Waals surface area contributed by atoms with Crippen LogP contribution in [0.3, 0.4) is 0 Å². The summed E-state index contributed by atoms with van der Waals surface area (Å²) in [5.74, 6) is 0.135. The molecule has 1 aromatic rings. The van der Waals surface area contributed by atoms with E-state index in [9.17, 15) is 4.79 Å². The fourth-order valence-corrected chi connectivity index (χ4v) is 2.51. The van der Waals surface area contributed by atoms with Crippen LogP contribution in [0.15, 0.2) is 6.07 Å². The predicted molar refractivity (Wildman–Crippen MR) is 75.5 cm³/mol. The maximum Gasteiger partial charge on any atom is 0.270 e. The lowest BCUT2D eigenvalue weighted by atomic mass is 10.1. The Hall–Kier alpha value is -1.00. The number of hydrogen-bond donors (Lipinski definition) is 2. The van der Waals surface area contributed by atoms with E-state index in [-0.39, 0.29) is 18.3 Å². The quantitative estimate of drug-likeness (QED) is 0.863. The first-order valence-electron chi connectivity index (χ1n) is 6.24. The summed E-state index contributed by atoms with van der Waals surface area (Å²) in [6.07, 6.45) is 2.24. The molecule has 1 amide bonds. The zero-order chi connectivity index (χ0) is 12.4. The number of nitrogens with one attached hydrogen (secondary N) is 2. The molecule has 2 rings (SSSR count). The third kappa shape index (κ3) is 3.06. The molecule has 0 spiro atoms. The zero-order valence-electron chi connectivity index (χ0n) is 11.2. The van der Waals surface area contributed by atoms with Crippen molar-refractivity contribution >= 4 is 18.3 Å². The average Bonchev–Trinajstić information content (AvgIpc) is 2.67. The molecule has 1 unspecified atom stereocenters. The maximum absolute atomic E-state index is 12.4. The molecule has 0 aromatic carbocycles. The minimum atomic E-state index is 0. The van der Waals surface area contributed by atoms with Crippen molar-refractivity contribution in [3.8, 4) is 0 Å². The minimum absolute atomic E-state index is 0. The number of amides is 1. The van der Waals surface area contributed by atoms with E-state index in [1.54, 1.807) is 0 Å². The third-order valence-electron chi connectivity index (χ3n) is 3.48. The number of halogens is 1. The van der Waals surface area contributed by atoms with Gasteiger partial charge in [-0.05, 0) is 45.4 Å². The molecule has 1 aliphatic rings. The van der Waals surface area contributed by atoms with Crippen LogP contribution in [0.4, 0.5) is 0 Å². The number of piperidine rings is 1. The van der Waals surface area contributed by atoms with Crippen LogP contribution in [0.2, 0.25) is 0 Å². The second kappa shape index (κ2) is 6.25. The molecule has 2 N–H and O–H groups in total. The Morgan fingerprint density at radius 2 is 2.22 bits per heavy atom. The van der Waals surface area contributed by atoms with Gasteiger partial charge in [0.1, 0.15) is 5.69 Å². The number of aromatic amines is 1. The molecule has 1 aliphatic heterocycles. The standard InChI is InChI=1S/C13H21N3O.ClH/c1-9-7-10(2)15-12(9)13(17)16-6-4-5-11(8-16)14-3;/h7,11,14-15H,4-6,8H2,1-3H3;1H. The average molecular weight is 272 g/mol. The van der Waals surface area contributed by atoms with Crippen LogP contribution >= 0.6 is 12.4 Å². The molecule has 1 atom stereocenters. The molecule has 0 aliphatic carbocycles. The zero-order valence-corrected chi connectivity index (χ0v) is 12.1. The number of hydrogen-bond acceptors (Lipinski definition) is 2. The van der Waals surface area contributed by atoms with Gasteiger partial charge < -0.3 is 15.2 Å². The molecule has 0 saturated carbocycles. The number of likely N-dealkylation sites (tertiary alicyclic amines) is 1. The number of aromatic nitrogens is 1. The number of carbonyl (C=O) groups is 1. The summed E-state index contributed by atoms with van der Waals surface area (Å²) in [4.78, 5) is 17.5. The molecule has 1 fully saturated rings. The summed E-state index contributed by atoms with van der Waals surface area (Å²) < 4.78 is 0. The SMILES string of the molecule is CNC1CCCN(C(=O)c2[nH]c(C)cc2C)C1.Cl. The number of H-pyrrole nitrogens is 1. The minimum Gasteiger partial charge on any atom is -0.354 e. The van der Waals surface area contributed by atoms with Crippen molar-refractivity contribution in [3.63, 3.8) is 0 Å². The van der Waals surface area contributed by atoms with E-state index in [4.69, 9.17) is 0 Å². The Morgan fingerprint density at radius 3 is 2.78 bits per heavy atom. The number of carbonyl (C=O) groups excluding carboxylic acids is 1. The van der Waals surface area contributed by atoms with Gasteiger partial charge in [0.05, 0.1) is 0 Å². The molecule has 0 bridgehead atoms. The summed E-state index contributed by atoms with van der Waals surface area (Å²) in [7, 11) is 1.96. The van der Waals surface area contributed by atoms with Crippen LogP contribution in [-0.2, 0) is 0 Å². The summed E-state index contributed by atoms with van der Waals surface area (Å²) in [5, 5.41) is 3.26. The van der Waals surface area contributed by atoms with Gasteiger partial charge in [-0.25, -0.2) is 0 Å². The molecule has 18 heavy (non-hydrogen) atoms. The topological polar surface area (TPSA) is 48.1 Å². The van der Waals surface area contributed by atoms with Gasteiger partial charge in [0.2, 0.25) is 0 Å². The number of rotatable bonds is 2. The Morgan fingerprint density at radius 1 is 1.50 bits per heavy atom. The second-order valence-electron chi connectivity index (χ2n) is 4.89. The highest BCUT2D eigenvalue weighted by molar-refractivity contribution is 5.94. The van der Waals surface area contributed by atoms with E-state index in [1.165, 1.54) is 0 Å². The highest BCUT2D eigenvalue weighted by Gasteiger charge is 2.25. The van der Waals surface area contributed by atoms with E-state index in [0.29, 0.717) is 6.04 Å². The fraction of sp³-hybridized carbons (Fsp3) is 0.615. The smallest absolute Gasteiger partial charge is 0.270 e. The lowest BCUT2D eigenvalue weighted by Gasteiger charge is -2.32. The van der Waals surface area contributed by atoms with Crippen molar-refractivity contribution in [2.45, 2.75) is 32.7 Å². The van der Waals surface area contributed by atoms with Crippen molar-refractivity contribution < 1.29 is 4.79 Å². The molecule has 1 saturated heterocycles. The van der Waals surface area contributed by atoms with Gasteiger partial charge in [0.25, 0.3) is 5.91 Å². The van der Waals surface area contributed by atoms with E-state index in [1.807, 2.05) is 31.9 Å². The molecule has 5 heteroatoms. The summed E-state index contributed by atoms with van der Waals surface area (Å²) in [6, 6.07) is 2.45. The monoisotopic (exact) mass is 271 g/mol. The van der Waals surface area contributed by atoms with Crippen LogP contribution in [0, 0.1) is 13.8 Å². The molecule has 1 aromatic heterocycles. The van der Waals surface area contributed by atoms with Crippen molar-refractivity contribution in [1.29, 1.82) is 0 Å². The largest absolute Gasteiger partial charge is 0.354 e. The van der Waals surface area contributed by atoms with Crippen molar-refractivity contribution in [1.82, 2.24) is 15.2 Å². The molecular weight excluding hydrogens is 250 g/mol. The molecule has 0 radical (unpaired) electrons. The van der Waals surface area contributed by atoms with E-state index < -0.39 is 0 Å². The van der Waals surface area contributed by atoms with E-state index in [0.717, 1.165) is 42.9 Å². The number of aryl methyl sites for hydroxylation is 2. The first-order valence-corrected chi connectivity index (χ1v) is 6.24. The van der Waals surface area contributed by atoms with Crippen LogP contribution in [0.1, 0.15) is 34.6 Å². The number of likely N-dealkylation sites (N-methyl/N-ethyl adjacent to an activating group) is 1. The summed E-state index contributed by atoms with van der Waals surface area (Å²) in [6.45, 7) is 5.65. The van der Waals surface area contributed by atoms with Crippen LogP contribution in [0.25, 0.3) is 0 Å². The predicted octanol–water partition coefficient (Wildman–Crippen LogP) is 1.88. The van der Waals surface area contributed by atoms with E-state index >= 15 is 0 Å². The van der Waals surface area contributed by atoms with Crippen LogP contribution in [0.5, 0.6) is 0 Å². The molecule has 102 valence electrons. The molecular formula is C13H22ClN3O. The van der Waals surface area contributed by atoms with E-state index in [2.05, 4.69) is 10.3 Å². The van der Waals surface area contributed by atoms with Crippen molar-refractivity contribution in [3.05, 3.63) is 23.0 Å². The summed E-state index contributed by atoms with van der Waals surface area (Å²) in [5.41, 5.74) is 2.84. The Kier molecular flexibility index (Phi) is 5.23. The highest BCUT2D eigenvalue weighted by atomic mass is 35.5. The normalized spacial score (nSPS) is 19.5. The third-order valence-corrected chi connectivity index (χ3v) is 3.48. The summed E-state index contributed by atoms with van der Waals surface area (Å²) >= 11 is 0. The van der Waals surface area contributed by atoms with Gasteiger partial charge in [-0.3, -0.25) is 4.79 Å². The van der Waals surface area contributed by atoms with Crippen molar-refractivity contribution in [2.75, 3.05) is 20.1 Å². The maximum atomic E-state index is 12.4. The van der Waals surface area contributed by atoms with Crippen LogP contribution < -0.4 is 5.32 Å². The fourth-order valence-electron chi connectivity index (χ4n) is 2.51. The lowest BCUT2D eigenvalue weighted by molar-refractivity contribution is 0.0692. The van der Waals surface area contributed by atoms with Crippen molar-refractivity contribution in [2.24, 2.45) is 0 Å². The molecule has 4 nitrogen and oxygen atoms in total. The highest BCUT2D eigenvalue weighted by Crippen LogP contribution is 2.16. The molecule has 2 heterocycles. The van der Waals surface area contributed by atoms with Crippen LogP contribution in [-0.4, -0.2) is 42.0 Å². The Balaban J connectivity index is 0.00000162. The Labute approximate surface area is 115 Å². The Bertz CT molecular complexity index is 416. The second-order valence-corrected chi connectivity index (χ2v) is 4.89.